The summed E-state index contributed by atoms with van der Waals surface area (Å²) in [7, 11) is 1.36. The third kappa shape index (κ3) is 2.06. The van der Waals surface area contributed by atoms with Crippen LogP contribution in [0.2, 0.25) is 0 Å². The van der Waals surface area contributed by atoms with Crippen LogP contribution >= 0.6 is 0 Å². The highest BCUT2D eigenvalue weighted by atomic mass is 16.5. The Morgan fingerprint density at radius 3 is 2.89 bits per heavy atom. The van der Waals surface area contributed by atoms with Crippen molar-refractivity contribution in [3.8, 4) is 11.5 Å². The number of aromatic nitrogens is 3. The molecule has 0 unspecified atom stereocenters. The summed E-state index contributed by atoms with van der Waals surface area (Å²) in [5.41, 5.74) is 2.82. The van der Waals surface area contributed by atoms with Gasteiger partial charge in [0.05, 0.1) is 23.7 Å². The minimum atomic E-state index is -0.365. The molecule has 2 aromatic heterocycles. The second-order valence-corrected chi connectivity index (χ2v) is 4.02. The first-order chi connectivity index (χ1) is 9.28. The lowest BCUT2D eigenvalue weighted by atomic mass is 10.2. The zero-order valence-corrected chi connectivity index (χ0v) is 10.3. The Hall–Kier alpha value is -2.69. The maximum atomic E-state index is 11.5. The van der Waals surface area contributed by atoms with Crippen LogP contribution in [-0.4, -0.2) is 28.0 Å². The van der Waals surface area contributed by atoms with Crippen LogP contribution in [-0.2, 0) is 4.74 Å². The number of pyridine rings is 1. The van der Waals surface area contributed by atoms with Gasteiger partial charge in [-0.05, 0) is 30.3 Å². The molecule has 19 heavy (non-hydrogen) atoms. The molecule has 2 heterocycles. The molecule has 0 fully saturated rings. The predicted octanol–water partition coefficient (Wildman–Crippen LogP) is 2.41. The molecule has 0 amide bonds. The normalized spacial score (nSPS) is 10.6. The topological polar surface area (TPSA) is 67.9 Å². The quantitative estimate of drug-likeness (QED) is 0.712. The van der Waals surface area contributed by atoms with Gasteiger partial charge in [-0.3, -0.25) is 4.98 Å². The van der Waals surface area contributed by atoms with Gasteiger partial charge < -0.3 is 9.72 Å². The summed E-state index contributed by atoms with van der Waals surface area (Å²) in [5, 5.41) is 0. The third-order valence-electron chi connectivity index (χ3n) is 2.81. The van der Waals surface area contributed by atoms with Crippen molar-refractivity contribution in [1.82, 2.24) is 15.0 Å². The summed E-state index contributed by atoms with van der Waals surface area (Å²) in [6.45, 7) is 0. The van der Waals surface area contributed by atoms with Gasteiger partial charge in [-0.2, -0.15) is 0 Å². The van der Waals surface area contributed by atoms with E-state index in [0.717, 1.165) is 16.7 Å². The molecule has 3 aromatic rings. The molecule has 0 saturated carbocycles. The molecule has 0 radical (unpaired) electrons. The van der Waals surface area contributed by atoms with Gasteiger partial charge in [0, 0.05) is 6.20 Å². The van der Waals surface area contributed by atoms with Gasteiger partial charge in [-0.15, -0.1) is 0 Å². The molecule has 0 atom stereocenters. The van der Waals surface area contributed by atoms with Crippen molar-refractivity contribution in [2.75, 3.05) is 7.11 Å². The summed E-state index contributed by atoms with van der Waals surface area (Å²) in [6.07, 6.45) is 1.71. The van der Waals surface area contributed by atoms with E-state index in [1.807, 2.05) is 18.2 Å². The van der Waals surface area contributed by atoms with E-state index in [1.54, 1.807) is 24.4 Å². The van der Waals surface area contributed by atoms with Gasteiger partial charge in [0.15, 0.2) is 5.82 Å². The second kappa shape index (κ2) is 4.53. The van der Waals surface area contributed by atoms with Crippen LogP contribution in [0.4, 0.5) is 0 Å². The van der Waals surface area contributed by atoms with Crippen LogP contribution < -0.4 is 0 Å². The minimum absolute atomic E-state index is 0.365. The molecule has 1 N–H and O–H groups in total. The van der Waals surface area contributed by atoms with E-state index in [-0.39, 0.29) is 5.97 Å². The summed E-state index contributed by atoms with van der Waals surface area (Å²) in [6, 6.07) is 10.8. The van der Waals surface area contributed by atoms with Crippen molar-refractivity contribution < 1.29 is 9.53 Å². The Labute approximate surface area is 109 Å². The van der Waals surface area contributed by atoms with Crippen LogP contribution in [0.5, 0.6) is 0 Å². The van der Waals surface area contributed by atoms with Crippen LogP contribution in [0.15, 0.2) is 42.6 Å². The Kier molecular flexibility index (Phi) is 2.72. The van der Waals surface area contributed by atoms with Crippen molar-refractivity contribution in [3.05, 3.63) is 48.2 Å². The molecule has 1 aromatic carbocycles. The number of benzene rings is 1. The number of imidazole rings is 1. The van der Waals surface area contributed by atoms with Crippen molar-refractivity contribution >= 4 is 17.0 Å². The zero-order valence-electron chi connectivity index (χ0n) is 10.3. The summed E-state index contributed by atoms with van der Waals surface area (Å²) in [4.78, 5) is 23.3. The number of aromatic amines is 1. The molecule has 0 aliphatic carbocycles. The van der Waals surface area contributed by atoms with E-state index in [2.05, 4.69) is 15.0 Å². The maximum Gasteiger partial charge on any atom is 0.337 e. The van der Waals surface area contributed by atoms with Crippen LogP contribution in [0.3, 0.4) is 0 Å². The van der Waals surface area contributed by atoms with Gasteiger partial charge in [-0.25, -0.2) is 9.78 Å². The fourth-order valence-corrected chi connectivity index (χ4v) is 1.88. The largest absolute Gasteiger partial charge is 0.465 e. The average Bonchev–Trinajstić information content (AvgIpc) is 2.90. The fraction of sp³-hybridized carbons (Fsp3) is 0.0714. The Morgan fingerprint density at radius 1 is 1.26 bits per heavy atom. The van der Waals surface area contributed by atoms with Gasteiger partial charge in [0.1, 0.15) is 5.69 Å². The van der Waals surface area contributed by atoms with E-state index < -0.39 is 0 Å². The van der Waals surface area contributed by atoms with Crippen LogP contribution in [0, 0.1) is 0 Å². The molecule has 0 aliphatic rings. The summed E-state index contributed by atoms with van der Waals surface area (Å²) < 4.78 is 4.69. The third-order valence-corrected chi connectivity index (χ3v) is 2.81. The molecule has 5 nitrogen and oxygen atoms in total. The Balaban J connectivity index is 2.09. The molecule has 0 saturated heterocycles. The summed E-state index contributed by atoms with van der Waals surface area (Å²) in [5.74, 6) is 0.313. The molecule has 5 heteroatoms. The highest BCUT2D eigenvalue weighted by Crippen LogP contribution is 2.19. The van der Waals surface area contributed by atoms with E-state index in [4.69, 9.17) is 4.74 Å². The first-order valence-corrected chi connectivity index (χ1v) is 5.77. The van der Waals surface area contributed by atoms with Crippen LogP contribution in [0.25, 0.3) is 22.6 Å². The number of carbonyl (C=O) groups excluding carboxylic acids is 1. The first kappa shape index (κ1) is 11.4. The molecular weight excluding hydrogens is 242 g/mol. The van der Waals surface area contributed by atoms with E-state index in [1.165, 1.54) is 7.11 Å². The monoisotopic (exact) mass is 253 g/mol. The van der Waals surface area contributed by atoms with E-state index in [9.17, 15) is 4.79 Å². The molecule has 0 bridgehead atoms. The second-order valence-electron chi connectivity index (χ2n) is 4.02. The molecule has 0 spiro atoms. The first-order valence-electron chi connectivity index (χ1n) is 5.77. The number of H-pyrrole nitrogens is 1. The van der Waals surface area contributed by atoms with Crippen molar-refractivity contribution in [1.29, 1.82) is 0 Å². The Bertz CT molecular complexity index is 735. The van der Waals surface area contributed by atoms with Gasteiger partial charge >= 0.3 is 5.97 Å². The number of fused-ring (bicyclic) bond motifs is 1. The number of nitrogens with zero attached hydrogens (tertiary/aromatic N) is 2. The number of carbonyl (C=O) groups is 1. The van der Waals surface area contributed by atoms with Gasteiger partial charge in [-0.1, -0.05) is 6.07 Å². The van der Waals surface area contributed by atoms with Crippen molar-refractivity contribution in [2.24, 2.45) is 0 Å². The maximum absolute atomic E-state index is 11.5. The smallest absolute Gasteiger partial charge is 0.337 e. The molecule has 94 valence electrons. The lowest BCUT2D eigenvalue weighted by Gasteiger charge is -1.97. The lowest BCUT2D eigenvalue weighted by molar-refractivity contribution is 0.0601. The highest BCUT2D eigenvalue weighted by Gasteiger charge is 2.10. The standard InChI is InChI=1S/C14H11N3O2/c1-19-14(18)9-5-6-10-12(8-9)17-13(16-10)11-4-2-3-7-15-11/h2-8H,1H3,(H,16,17). The number of ether oxygens (including phenoxy) is 1. The number of hydrogen-bond acceptors (Lipinski definition) is 4. The predicted molar refractivity (Wildman–Crippen MR) is 70.7 cm³/mol. The van der Waals surface area contributed by atoms with Crippen molar-refractivity contribution in [2.45, 2.75) is 0 Å². The number of nitrogens with one attached hydrogen (secondary N) is 1. The van der Waals surface area contributed by atoms with E-state index in [0.29, 0.717) is 11.4 Å². The van der Waals surface area contributed by atoms with Crippen LogP contribution in [0.1, 0.15) is 10.4 Å². The molecule has 3 rings (SSSR count). The Morgan fingerprint density at radius 2 is 2.16 bits per heavy atom. The number of esters is 1. The van der Waals surface area contributed by atoms with Gasteiger partial charge in [0.2, 0.25) is 0 Å². The van der Waals surface area contributed by atoms with Crippen molar-refractivity contribution in [3.63, 3.8) is 0 Å². The average molecular weight is 253 g/mol. The fourth-order valence-electron chi connectivity index (χ4n) is 1.88. The van der Waals surface area contributed by atoms with Gasteiger partial charge in [0.25, 0.3) is 0 Å². The SMILES string of the molecule is COC(=O)c1ccc2nc(-c3ccccn3)[nH]c2c1. The summed E-state index contributed by atoms with van der Waals surface area (Å²) >= 11 is 0. The molecular formula is C14H11N3O2. The zero-order chi connectivity index (χ0) is 13.2. The molecule has 0 aliphatic heterocycles. The van der Waals surface area contributed by atoms with E-state index >= 15 is 0 Å². The highest BCUT2D eigenvalue weighted by molar-refractivity contribution is 5.94. The minimum Gasteiger partial charge on any atom is -0.465 e. The number of rotatable bonds is 2. The number of methoxy groups -OCH3 is 1. The lowest BCUT2D eigenvalue weighted by Crippen LogP contribution is -2.00. The number of hydrogen-bond donors (Lipinski definition) is 1.